The van der Waals surface area contributed by atoms with Gasteiger partial charge in [-0.1, -0.05) is 0 Å². The van der Waals surface area contributed by atoms with Crippen LogP contribution < -0.4 is 4.74 Å². The van der Waals surface area contributed by atoms with Crippen molar-refractivity contribution in [3.63, 3.8) is 0 Å². The Morgan fingerprint density at radius 3 is 2.69 bits per heavy atom. The zero-order valence-electron chi connectivity index (χ0n) is 13.1. The number of hydrogen-bond donors (Lipinski definition) is 0. The van der Waals surface area contributed by atoms with E-state index in [0.29, 0.717) is 16.5 Å². The summed E-state index contributed by atoms with van der Waals surface area (Å²) in [5.74, 6) is -1.46. The molecule has 0 aliphatic heterocycles. The molecule has 0 bridgehead atoms. The van der Waals surface area contributed by atoms with Gasteiger partial charge in [0.05, 0.1) is 11.8 Å². The van der Waals surface area contributed by atoms with Gasteiger partial charge < -0.3 is 13.9 Å². The first-order valence-corrected chi connectivity index (χ1v) is 8.12. The molecule has 10 heteroatoms. The molecule has 3 aromatic rings. The van der Waals surface area contributed by atoms with Crippen LogP contribution in [0.25, 0.3) is 0 Å². The molecule has 26 heavy (non-hydrogen) atoms. The molecule has 0 saturated heterocycles. The number of thiazole rings is 1. The average molecular weight is 378 g/mol. The number of nitro groups is 1. The fraction of sp³-hybridized carbons (Fsp3) is 0.125. The highest BCUT2D eigenvalue weighted by Gasteiger charge is 2.18. The van der Waals surface area contributed by atoms with Crippen molar-refractivity contribution in [2.75, 3.05) is 0 Å². The van der Waals surface area contributed by atoms with Gasteiger partial charge >= 0.3 is 11.9 Å². The third-order valence-corrected chi connectivity index (χ3v) is 3.97. The summed E-state index contributed by atoms with van der Waals surface area (Å²) in [4.78, 5) is 25.8. The van der Waals surface area contributed by atoms with E-state index in [1.54, 1.807) is 5.38 Å². The summed E-state index contributed by atoms with van der Waals surface area (Å²) >= 11 is 1.31. The van der Waals surface area contributed by atoms with E-state index in [1.807, 2.05) is 0 Å². The number of halogens is 1. The molecule has 0 saturated carbocycles. The maximum Gasteiger partial charge on any atom is 0.433 e. The van der Waals surface area contributed by atoms with E-state index >= 15 is 0 Å². The number of ether oxygens (including phenoxy) is 2. The first kappa shape index (κ1) is 17.5. The Balaban J connectivity index is 1.50. The smallest absolute Gasteiger partial charge is 0.433 e. The van der Waals surface area contributed by atoms with Crippen LogP contribution in [-0.2, 0) is 18.0 Å². The molecule has 0 unspecified atom stereocenters. The van der Waals surface area contributed by atoms with Crippen LogP contribution in [0.1, 0.15) is 21.3 Å². The van der Waals surface area contributed by atoms with Gasteiger partial charge in [-0.25, -0.2) is 14.2 Å². The molecular formula is C16H11FN2O6S. The minimum absolute atomic E-state index is 0.111. The largest absolute Gasteiger partial charge is 0.486 e. The van der Waals surface area contributed by atoms with Gasteiger partial charge in [0.25, 0.3) is 0 Å². The molecule has 134 valence electrons. The summed E-state index contributed by atoms with van der Waals surface area (Å²) < 4.78 is 28.1. The number of furan rings is 1. The number of hydrogen-bond acceptors (Lipinski definition) is 8. The summed E-state index contributed by atoms with van der Waals surface area (Å²) in [6.45, 7) is 0.0784. The van der Waals surface area contributed by atoms with Gasteiger partial charge in [0.1, 0.15) is 34.7 Å². The SMILES string of the molecule is O=C(OCc1csc(COc2ccc(F)cc2)n1)c1ccc([N+](=O)[O-])o1. The van der Waals surface area contributed by atoms with Crippen LogP contribution in [0.3, 0.4) is 0 Å². The number of benzene rings is 1. The molecular weight excluding hydrogens is 367 g/mol. The van der Waals surface area contributed by atoms with Crippen molar-refractivity contribution in [2.45, 2.75) is 13.2 Å². The van der Waals surface area contributed by atoms with Crippen molar-refractivity contribution in [3.05, 3.63) is 74.2 Å². The summed E-state index contributed by atoms with van der Waals surface area (Å²) in [6, 6.07) is 7.85. The topological polar surface area (TPSA) is 105 Å². The van der Waals surface area contributed by atoms with Gasteiger partial charge in [0.15, 0.2) is 0 Å². The molecule has 0 N–H and O–H groups in total. The van der Waals surface area contributed by atoms with E-state index in [1.165, 1.54) is 41.7 Å². The minimum atomic E-state index is -0.824. The van der Waals surface area contributed by atoms with E-state index in [2.05, 4.69) is 4.98 Å². The fourth-order valence-corrected chi connectivity index (χ4v) is 2.59. The van der Waals surface area contributed by atoms with E-state index in [9.17, 15) is 19.3 Å². The molecule has 0 spiro atoms. The Kier molecular flexibility index (Phi) is 5.23. The number of carbonyl (C=O) groups is 1. The second kappa shape index (κ2) is 7.74. The molecule has 0 aliphatic carbocycles. The lowest BCUT2D eigenvalue weighted by molar-refractivity contribution is -0.402. The first-order valence-electron chi connectivity index (χ1n) is 7.24. The van der Waals surface area contributed by atoms with Crippen molar-refractivity contribution < 1.29 is 28.0 Å². The molecule has 8 nitrogen and oxygen atoms in total. The van der Waals surface area contributed by atoms with Crippen LogP contribution in [-0.4, -0.2) is 15.9 Å². The number of rotatable bonds is 7. The zero-order chi connectivity index (χ0) is 18.5. The molecule has 0 radical (unpaired) electrons. The van der Waals surface area contributed by atoms with Crippen LogP contribution in [0.2, 0.25) is 0 Å². The standard InChI is InChI=1S/C16H11FN2O6S/c17-10-1-3-12(4-2-10)23-8-14-18-11(9-26-14)7-24-16(20)13-5-6-15(25-13)19(21)22/h1-6,9H,7-8H2. The normalized spacial score (nSPS) is 10.5. The van der Waals surface area contributed by atoms with E-state index < -0.39 is 16.8 Å². The minimum Gasteiger partial charge on any atom is -0.486 e. The molecule has 3 rings (SSSR count). The van der Waals surface area contributed by atoms with Crippen LogP contribution in [0, 0.1) is 15.9 Å². The lowest BCUT2D eigenvalue weighted by Gasteiger charge is -2.03. The molecule has 0 aliphatic rings. The second-order valence-electron chi connectivity index (χ2n) is 4.95. The molecule has 1 aromatic carbocycles. The highest BCUT2D eigenvalue weighted by Crippen LogP contribution is 2.18. The molecule has 2 heterocycles. The maximum atomic E-state index is 12.8. The number of aromatic nitrogens is 1. The third kappa shape index (κ3) is 4.42. The fourth-order valence-electron chi connectivity index (χ4n) is 1.90. The highest BCUT2D eigenvalue weighted by atomic mass is 32.1. The molecule has 2 aromatic heterocycles. The lowest BCUT2D eigenvalue weighted by atomic mass is 10.3. The Morgan fingerprint density at radius 2 is 2.00 bits per heavy atom. The lowest BCUT2D eigenvalue weighted by Crippen LogP contribution is -2.04. The van der Waals surface area contributed by atoms with Gasteiger partial charge in [0, 0.05) is 5.38 Å². The quantitative estimate of drug-likeness (QED) is 0.350. The summed E-state index contributed by atoms with van der Waals surface area (Å²) in [5.41, 5.74) is 0.502. The van der Waals surface area contributed by atoms with Crippen LogP contribution >= 0.6 is 11.3 Å². The first-order chi connectivity index (χ1) is 12.5. The average Bonchev–Trinajstić information content (AvgIpc) is 3.29. The molecule has 0 amide bonds. The number of carbonyl (C=O) groups excluding carboxylic acids is 1. The van der Waals surface area contributed by atoms with Crippen molar-refractivity contribution in [1.29, 1.82) is 0 Å². The number of esters is 1. The van der Waals surface area contributed by atoms with E-state index in [-0.39, 0.29) is 24.8 Å². The maximum absolute atomic E-state index is 12.8. The van der Waals surface area contributed by atoms with Gasteiger partial charge in [-0.15, -0.1) is 11.3 Å². The Bertz CT molecular complexity index is 921. The van der Waals surface area contributed by atoms with Crippen molar-refractivity contribution in [1.82, 2.24) is 4.98 Å². The molecule has 0 fully saturated rings. The third-order valence-electron chi connectivity index (χ3n) is 3.10. The summed E-state index contributed by atoms with van der Waals surface area (Å²) in [6.07, 6.45) is 0. The number of nitrogens with zero attached hydrogens (tertiary/aromatic N) is 2. The van der Waals surface area contributed by atoms with Crippen LogP contribution in [0.5, 0.6) is 5.75 Å². The predicted molar refractivity (Wildman–Crippen MR) is 87.3 cm³/mol. The highest BCUT2D eigenvalue weighted by molar-refractivity contribution is 7.09. The van der Waals surface area contributed by atoms with Gasteiger partial charge in [-0.2, -0.15) is 0 Å². The zero-order valence-corrected chi connectivity index (χ0v) is 13.9. The Morgan fingerprint density at radius 1 is 1.23 bits per heavy atom. The monoisotopic (exact) mass is 378 g/mol. The van der Waals surface area contributed by atoms with Gasteiger partial charge in [0.2, 0.25) is 5.76 Å². The second-order valence-corrected chi connectivity index (χ2v) is 5.89. The summed E-state index contributed by atoms with van der Waals surface area (Å²) in [5, 5.41) is 12.9. The van der Waals surface area contributed by atoms with Gasteiger partial charge in [-0.05, 0) is 30.3 Å². The molecule has 0 atom stereocenters. The van der Waals surface area contributed by atoms with Crippen molar-refractivity contribution in [3.8, 4) is 5.75 Å². The van der Waals surface area contributed by atoms with Gasteiger partial charge in [-0.3, -0.25) is 10.1 Å². The Hall–Kier alpha value is -3.27. The summed E-state index contributed by atoms with van der Waals surface area (Å²) in [7, 11) is 0. The van der Waals surface area contributed by atoms with Crippen LogP contribution in [0.15, 0.2) is 46.2 Å². The van der Waals surface area contributed by atoms with E-state index in [0.717, 1.165) is 6.07 Å². The Labute approximate surface area is 150 Å². The predicted octanol–water partition coefficient (Wildman–Crippen LogP) is 3.72. The van der Waals surface area contributed by atoms with Crippen LogP contribution in [0.4, 0.5) is 10.3 Å². The van der Waals surface area contributed by atoms with E-state index in [4.69, 9.17) is 13.9 Å². The van der Waals surface area contributed by atoms with Crippen molar-refractivity contribution >= 4 is 23.2 Å². The van der Waals surface area contributed by atoms with Crippen molar-refractivity contribution in [2.24, 2.45) is 0 Å².